The van der Waals surface area contributed by atoms with Crippen molar-refractivity contribution in [3.05, 3.63) is 36.0 Å². The number of alkyl halides is 3. The number of aromatic nitrogens is 1. The lowest BCUT2D eigenvalue weighted by atomic mass is 10.1. The van der Waals surface area contributed by atoms with Crippen molar-refractivity contribution in [2.24, 2.45) is 15.8 Å². The maximum Gasteiger partial charge on any atom is 0.490 e. The van der Waals surface area contributed by atoms with Gasteiger partial charge in [-0.2, -0.15) is 18.3 Å². The van der Waals surface area contributed by atoms with Gasteiger partial charge in [-0.05, 0) is 6.07 Å². The molecular weight excluding hydrogens is 315 g/mol. The number of carboxylic acid groups (broad SMARTS) is 1. The number of carboxylic acids is 1. The van der Waals surface area contributed by atoms with Gasteiger partial charge in [0.25, 0.3) is 0 Å². The molecule has 5 N–H and O–H groups in total. The van der Waals surface area contributed by atoms with Crippen LogP contribution in [0.4, 0.5) is 13.2 Å². The van der Waals surface area contributed by atoms with Crippen LogP contribution in [0.2, 0.25) is 0 Å². The summed E-state index contributed by atoms with van der Waals surface area (Å²) in [7, 11) is 0. The highest BCUT2D eigenvalue weighted by molar-refractivity contribution is 5.90. The van der Waals surface area contributed by atoms with Crippen LogP contribution in [0.3, 0.4) is 0 Å². The van der Waals surface area contributed by atoms with Crippen molar-refractivity contribution >= 4 is 29.0 Å². The summed E-state index contributed by atoms with van der Waals surface area (Å²) >= 11 is 0. The maximum absolute atomic E-state index is 10.6. The van der Waals surface area contributed by atoms with Gasteiger partial charge in [-0.15, -0.1) is 0 Å². The molecule has 0 bridgehead atoms. The van der Waals surface area contributed by atoms with Gasteiger partial charge in [-0.1, -0.05) is 18.2 Å². The minimum atomic E-state index is -5.08. The van der Waals surface area contributed by atoms with Crippen molar-refractivity contribution in [2.75, 3.05) is 0 Å². The Morgan fingerprint density at radius 2 is 1.96 bits per heavy atom. The van der Waals surface area contributed by atoms with E-state index in [0.717, 1.165) is 16.5 Å². The number of fused-ring (bicyclic) bond motifs is 1. The van der Waals surface area contributed by atoms with E-state index in [1.807, 2.05) is 24.4 Å². The van der Waals surface area contributed by atoms with E-state index in [9.17, 15) is 13.2 Å². The van der Waals surface area contributed by atoms with E-state index >= 15 is 0 Å². The van der Waals surface area contributed by atoms with Crippen molar-refractivity contribution in [2.45, 2.75) is 12.2 Å². The van der Waals surface area contributed by atoms with Gasteiger partial charge in [0, 0.05) is 22.7 Å². The second-order valence-corrected chi connectivity index (χ2v) is 4.44. The van der Waals surface area contributed by atoms with Gasteiger partial charge in [-0.25, -0.2) is 15.2 Å². The van der Waals surface area contributed by atoms with Crippen LogP contribution in [0.15, 0.2) is 40.6 Å². The number of carbonyl (C=O) groups is 1. The number of aliphatic imine (C=N–C) groups is 1. The number of guanidine groups is 1. The zero-order chi connectivity index (χ0) is 17.0. The molecule has 0 radical (unpaired) electrons. The van der Waals surface area contributed by atoms with Crippen molar-refractivity contribution in [3.8, 4) is 0 Å². The third kappa shape index (κ3) is 3.99. The van der Waals surface area contributed by atoms with E-state index in [4.69, 9.17) is 15.6 Å². The number of H-pyrrole nitrogens is 1. The highest BCUT2D eigenvalue weighted by atomic mass is 19.4. The predicted molar refractivity (Wildman–Crippen MR) is 78.0 cm³/mol. The first-order chi connectivity index (χ1) is 10.8. The summed E-state index contributed by atoms with van der Waals surface area (Å²) in [6.07, 6.45) is -1.39. The Balaban J connectivity index is 0.000000236. The maximum atomic E-state index is 10.6. The molecule has 1 aliphatic rings. The van der Waals surface area contributed by atoms with Crippen LogP contribution in [0.25, 0.3) is 10.9 Å². The Labute approximate surface area is 127 Å². The van der Waals surface area contributed by atoms with Crippen molar-refractivity contribution in [1.82, 2.24) is 10.4 Å². The van der Waals surface area contributed by atoms with Crippen molar-refractivity contribution < 1.29 is 23.1 Å². The molecule has 1 atom stereocenters. The second kappa shape index (κ2) is 6.38. The number of hydrazone groups is 1. The van der Waals surface area contributed by atoms with Gasteiger partial charge in [0.2, 0.25) is 5.96 Å². The first-order valence-electron chi connectivity index (χ1n) is 6.27. The number of benzene rings is 1. The van der Waals surface area contributed by atoms with Gasteiger partial charge < -0.3 is 15.8 Å². The molecule has 0 saturated heterocycles. The number of nitrogens with one attached hydrogen (secondary N) is 2. The lowest BCUT2D eigenvalue weighted by Crippen LogP contribution is -2.31. The fraction of sp³-hybridized carbons (Fsp3) is 0.154. The van der Waals surface area contributed by atoms with Crippen LogP contribution in [-0.2, 0) is 4.79 Å². The van der Waals surface area contributed by atoms with E-state index in [1.54, 1.807) is 6.21 Å². The first-order valence-corrected chi connectivity index (χ1v) is 6.27. The molecule has 0 aliphatic carbocycles. The van der Waals surface area contributed by atoms with Gasteiger partial charge in [0.15, 0.2) is 0 Å². The molecular formula is C13H12F3N5O2. The summed E-state index contributed by atoms with van der Waals surface area (Å²) in [5, 5.41) is 12.2. The molecule has 0 fully saturated rings. The number of nitrogens with two attached hydrogens (primary N) is 1. The van der Waals surface area contributed by atoms with Crippen molar-refractivity contribution in [1.29, 1.82) is 0 Å². The predicted octanol–water partition coefficient (Wildman–Crippen LogP) is 1.75. The summed E-state index contributed by atoms with van der Waals surface area (Å²) in [6, 6.07) is 7.98. The Morgan fingerprint density at radius 3 is 2.57 bits per heavy atom. The van der Waals surface area contributed by atoms with E-state index in [1.165, 1.54) is 0 Å². The molecule has 10 heteroatoms. The van der Waals surface area contributed by atoms with Crippen LogP contribution in [0.5, 0.6) is 0 Å². The lowest BCUT2D eigenvalue weighted by Gasteiger charge is -2.12. The number of halogens is 3. The number of nitrogens with zero attached hydrogens (tertiary/aromatic N) is 2. The highest BCUT2D eigenvalue weighted by Gasteiger charge is 2.38. The fourth-order valence-corrected chi connectivity index (χ4v) is 1.87. The minimum Gasteiger partial charge on any atom is -0.475 e. The summed E-state index contributed by atoms with van der Waals surface area (Å²) in [6.45, 7) is 0. The molecule has 122 valence electrons. The third-order valence-corrected chi connectivity index (χ3v) is 2.86. The van der Waals surface area contributed by atoms with Crippen molar-refractivity contribution in [3.63, 3.8) is 0 Å². The number of hydrogen-bond acceptors (Lipinski definition) is 5. The molecule has 1 unspecified atom stereocenters. The van der Waals surface area contributed by atoms with Crippen LogP contribution in [-0.4, -0.2) is 34.4 Å². The molecule has 2 heterocycles. The number of aromatic amines is 1. The van der Waals surface area contributed by atoms with Gasteiger partial charge in [0.1, 0.15) is 6.04 Å². The van der Waals surface area contributed by atoms with Crippen LogP contribution < -0.4 is 11.2 Å². The molecule has 3 rings (SSSR count). The monoisotopic (exact) mass is 327 g/mol. The van der Waals surface area contributed by atoms with Crippen LogP contribution in [0.1, 0.15) is 11.6 Å². The smallest absolute Gasteiger partial charge is 0.475 e. The summed E-state index contributed by atoms with van der Waals surface area (Å²) in [5.74, 6) is -2.41. The topological polar surface area (TPSA) is 116 Å². The van der Waals surface area contributed by atoms with E-state index < -0.39 is 12.1 Å². The number of hydrogen-bond donors (Lipinski definition) is 4. The molecule has 0 saturated carbocycles. The average Bonchev–Trinajstić information content (AvgIpc) is 2.91. The van der Waals surface area contributed by atoms with Gasteiger partial charge in [-0.3, -0.25) is 0 Å². The summed E-state index contributed by atoms with van der Waals surface area (Å²) in [4.78, 5) is 16.4. The van der Waals surface area contributed by atoms with Crippen LogP contribution in [0, 0.1) is 0 Å². The molecule has 1 aromatic heterocycles. The zero-order valence-corrected chi connectivity index (χ0v) is 11.5. The van der Waals surface area contributed by atoms with Crippen LogP contribution >= 0.6 is 0 Å². The summed E-state index contributed by atoms with van der Waals surface area (Å²) in [5.41, 5.74) is 10.4. The quantitative estimate of drug-likeness (QED) is 0.638. The molecule has 0 amide bonds. The Morgan fingerprint density at radius 1 is 1.30 bits per heavy atom. The Kier molecular flexibility index (Phi) is 4.53. The molecule has 0 spiro atoms. The largest absolute Gasteiger partial charge is 0.490 e. The second-order valence-electron chi connectivity index (χ2n) is 4.44. The SMILES string of the molecule is NC1=NC(c2c[nH]c3ccccc23)C=NN1.O=C(O)C(F)(F)F. The molecule has 23 heavy (non-hydrogen) atoms. The fourth-order valence-electron chi connectivity index (χ4n) is 1.87. The number of para-hydroxylation sites is 1. The standard InChI is InChI=1S/C11H11N5.C2HF3O2/c12-11-15-10(6-14-16-11)8-5-13-9-4-2-1-3-7(8)9;3-2(4,5)1(6)7/h1-6,10,13H,(H3,12,15,16);(H,6,7). The normalized spacial score (nSPS) is 17.0. The number of rotatable bonds is 1. The zero-order valence-electron chi connectivity index (χ0n) is 11.5. The summed E-state index contributed by atoms with van der Waals surface area (Å²) < 4.78 is 31.7. The Bertz CT molecular complexity index is 766. The van der Waals surface area contributed by atoms with Gasteiger partial charge in [0.05, 0.1) is 6.21 Å². The van der Waals surface area contributed by atoms with Gasteiger partial charge >= 0.3 is 12.1 Å². The first kappa shape index (κ1) is 16.3. The number of aliphatic carboxylic acids is 1. The highest BCUT2D eigenvalue weighted by Crippen LogP contribution is 2.25. The minimum absolute atomic E-state index is 0.114. The molecule has 1 aromatic carbocycles. The third-order valence-electron chi connectivity index (χ3n) is 2.86. The Hall–Kier alpha value is -3.04. The molecule has 1 aliphatic heterocycles. The van der Waals surface area contributed by atoms with E-state index in [-0.39, 0.29) is 6.04 Å². The molecule has 7 nitrogen and oxygen atoms in total. The van der Waals surface area contributed by atoms with E-state index in [2.05, 4.69) is 26.6 Å². The lowest BCUT2D eigenvalue weighted by molar-refractivity contribution is -0.192. The molecule has 2 aromatic rings. The van der Waals surface area contributed by atoms with E-state index in [0.29, 0.717) is 5.96 Å². The average molecular weight is 327 g/mol.